The molecule has 4 aromatic rings. The maximum atomic E-state index is 15.0. The molecule has 1 heterocycles. The van der Waals surface area contributed by atoms with Crippen molar-refractivity contribution in [2.45, 2.75) is 50.0 Å². The van der Waals surface area contributed by atoms with Gasteiger partial charge in [0.1, 0.15) is 0 Å². The molecule has 7 heteroatoms. The molecule has 1 atom stereocenters. The fourth-order valence-electron chi connectivity index (χ4n) is 4.78. The van der Waals surface area contributed by atoms with Crippen LogP contribution in [0.25, 0.3) is 22.5 Å². The molecule has 5 nitrogen and oxygen atoms in total. The number of aryl methyl sites for hydroxylation is 1. The molecule has 1 fully saturated rings. The molecule has 37 heavy (non-hydrogen) atoms. The molecule has 190 valence electrons. The Morgan fingerprint density at radius 1 is 0.973 bits per heavy atom. The number of halogens is 2. The van der Waals surface area contributed by atoms with Crippen LogP contribution >= 0.6 is 0 Å². The summed E-state index contributed by atoms with van der Waals surface area (Å²) in [7, 11) is 0. The summed E-state index contributed by atoms with van der Waals surface area (Å²) in [5.41, 5.74) is 3.66. The van der Waals surface area contributed by atoms with Gasteiger partial charge in [0.05, 0.1) is 17.2 Å². The predicted molar refractivity (Wildman–Crippen MR) is 135 cm³/mol. The first-order valence-electron chi connectivity index (χ1n) is 12.2. The van der Waals surface area contributed by atoms with E-state index in [-0.39, 0.29) is 5.76 Å². The standard InChI is InChI=1S/C30H27F2NO4/c1-19-25(17-30(31,32)18-26(34)22-5-3-2-4-6-22)27(37-33-19)23-9-7-20(8-10-23)21-11-13-24(14-12-21)29(15-16-29)28(35)36/h2-14,26,34H,15-18H2,1H3,(H,35,36). The molecule has 1 aromatic heterocycles. The van der Waals surface area contributed by atoms with Crippen LogP contribution in [0.5, 0.6) is 0 Å². The van der Waals surface area contributed by atoms with Gasteiger partial charge in [-0.1, -0.05) is 84.0 Å². The second-order valence-corrected chi connectivity index (χ2v) is 9.78. The number of carboxylic acids is 1. The van der Waals surface area contributed by atoms with Crippen molar-refractivity contribution in [2.24, 2.45) is 0 Å². The van der Waals surface area contributed by atoms with Crippen molar-refractivity contribution in [1.82, 2.24) is 5.16 Å². The van der Waals surface area contributed by atoms with E-state index < -0.39 is 36.3 Å². The van der Waals surface area contributed by atoms with Crippen LogP contribution in [-0.2, 0) is 16.6 Å². The van der Waals surface area contributed by atoms with Crippen LogP contribution < -0.4 is 0 Å². The maximum Gasteiger partial charge on any atom is 0.314 e. The van der Waals surface area contributed by atoms with E-state index >= 15 is 0 Å². The lowest BCUT2D eigenvalue weighted by Crippen LogP contribution is -2.23. The summed E-state index contributed by atoms with van der Waals surface area (Å²) >= 11 is 0. The van der Waals surface area contributed by atoms with Gasteiger partial charge in [0, 0.05) is 24.0 Å². The van der Waals surface area contributed by atoms with Crippen molar-refractivity contribution >= 4 is 5.97 Å². The van der Waals surface area contributed by atoms with Gasteiger partial charge in [0.15, 0.2) is 5.76 Å². The summed E-state index contributed by atoms with van der Waals surface area (Å²) in [6, 6.07) is 23.3. The number of aliphatic carboxylic acids is 1. The highest BCUT2D eigenvalue weighted by molar-refractivity contribution is 5.85. The number of alkyl halides is 2. The maximum absolute atomic E-state index is 15.0. The lowest BCUT2D eigenvalue weighted by Gasteiger charge is -2.20. The van der Waals surface area contributed by atoms with E-state index in [0.717, 1.165) is 16.7 Å². The van der Waals surface area contributed by atoms with E-state index in [1.807, 2.05) is 36.4 Å². The zero-order valence-electron chi connectivity index (χ0n) is 20.3. The zero-order valence-corrected chi connectivity index (χ0v) is 20.3. The first-order chi connectivity index (χ1) is 17.7. The number of hydrogen-bond donors (Lipinski definition) is 2. The summed E-state index contributed by atoms with van der Waals surface area (Å²) in [5, 5.41) is 23.8. The van der Waals surface area contributed by atoms with Crippen LogP contribution in [0.3, 0.4) is 0 Å². The molecule has 2 N–H and O–H groups in total. The Hall–Kier alpha value is -3.84. The lowest BCUT2D eigenvalue weighted by atomic mass is 9.93. The third-order valence-electron chi connectivity index (χ3n) is 7.17. The van der Waals surface area contributed by atoms with Crippen molar-refractivity contribution in [3.05, 3.63) is 101 Å². The molecule has 0 aliphatic heterocycles. The van der Waals surface area contributed by atoms with Crippen molar-refractivity contribution < 1.29 is 28.3 Å². The average Bonchev–Trinajstić information content (AvgIpc) is 3.64. The number of nitrogens with zero attached hydrogens (tertiary/aromatic N) is 1. The van der Waals surface area contributed by atoms with Crippen LogP contribution in [0, 0.1) is 6.92 Å². The Morgan fingerprint density at radius 3 is 2.11 bits per heavy atom. The van der Waals surface area contributed by atoms with Gasteiger partial charge >= 0.3 is 5.97 Å². The van der Waals surface area contributed by atoms with Gasteiger partial charge in [0.25, 0.3) is 5.92 Å². The van der Waals surface area contributed by atoms with Gasteiger partial charge < -0.3 is 14.7 Å². The Bertz CT molecular complexity index is 1390. The fourth-order valence-corrected chi connectivity index (χ4v) is 4.78. The van der Waals surface area contributed by atoms with Crippen LogP contribution in [0.15, 0.2) is 83.4 Å². The van der Waals surface area contributed by atoms with Crippen molar-refractivity contribution in [1.29, 1.82) is 0 Å². The number of rotatable bonds is 9. The van der Waals surface area contributed by atoms with Gasteiger partial charge in [-0.05, 0) is 42.0 Å². The molecule has 0 radical (unpaired) electrons. The minimum absolute atomic E-state index is 0.283. The van der Waals surface area contributed by atoms with E-state index in [1.165, 1.54) is 0 Å². The minimum Gasteiger partial charge on any atom is -0.481 e. The van der Waals surface area contributed by atoms with Crippen molar-refractivity contribution in [3.63, 3.8) is 0 Å². The molecule has 0 saturated heterocycles. The van der Waals surface area contributed by atoms with Crippen LogP contribution in [0.4, 0.5) is 8.78 Å². The predicted octanol–water partition coefficient (Wildman–Crippen LogP) is 6.73. The van der Waals surface area contributed by atoms with Gasteiger partial charge in [-0.15, -0.1) is 0 Å². The van der Waals surface area contributed by atoms with Crippen molar-refractivity contribution in [2.75, 3.05) is 0 Å². The van der Waals surface area contributed by atoms with E-state index in [4.69, 9.17) is 4.52 Å². The summed E-state index contributed by atoms with van der Waals surface area (Å²) in [6.45, 7) is 1.63. The van der Waals surface area contributed by atoms with Crippen LogP contribution in [0.1, 0.15) is 47.8 Å². The Balaban J connectivity index is 1.33. The molecule has 0 spiro atoms. The second kappa shape index (κ2) is 9.56. The molecular weight excluding hydrogens is 476 g/mol. The van der Waals surface area contributed by atoms with E-state index in [2.05, 4.69) is 5.16 Å². The molecule has 0 amide bonds. The highest BCUT2D eigenvalue weighted by Crippen LogP contribution is 2.48. The van der Waals surface area contributed by atoms with Crippen LogP contribution in [0.2, 0.25) is 0 Å². The van der Waals surface area contributed by atoms with Gasteiger partial charge in [0.2, 0.25) is 0 Å². The molecule has 0 bridgehead atoms. The Kier molecular flexibility index (Phi) is 6.42. The first kappa shape index (κ1) is 24.8. The molecule has 1 aliphatic rings. The molecule has 1 unspecified atom stereocenters. The topological polar surface area (TPSA) is 83.6 Å². The van der Waals surface area contributed by atoms with Crippen molar-refractivity contribution in [3.8, 4) is 22.5 Å². The molecule has 3 aromatic carbocycles. The Labute approximate surface area is 213 Å². The highest BCUT2D eigenvalue weighted by atomic mass is 19.3. The summed E-state index contributed by atoms with van der Waals surface area (Å²) in [5.74, 6) is -3.68. The quantitative estimate of drug-likeness (QED) is 0.264. The van der Waals surface area contributed by atoms with Gasteiger partial charge in [-0.25, -0.2) is 8.78 Å². The van der Waals surface area contributed by atoms with Gasteiger partial charge in [-0.3, -0.25) is 4.79 Å². The summed E-state index contributed by atoms with van der Waals surface area (Å²) < 4.78 is 35.4. The van der Waals surface area contributed by atoms with Gasteiger partial charge in [-0.2, -0.15) is 0 Å². The number of hydrogen-bond acceptors (Lipinski definition) is 4. The van der Waals surface area contributed by atoms with E-state index in [0.29, 0.717) is 35.2 Å². The lowest BCUT2D eigenvalue weighted by molar-refractivity contribution is -0.140. The zero-order chi connectivity index (χ0) is 26.2. The third kappa shape index (κ3) is 5.04. The normalized spacial score (nSPS) is 15.4. The van der Waals surface area contributed by atoms with E-state index in [1.54, 1.807) is 49.4 Å². The largest absolute Gasteiger partial charge is 0.481 e. The summed E-state index contributed by atoms with van der Waals surface area (Å²) in [4.78, 5) is 11.6. The fraction of sp³-hybridized carbons (Fsp3) is 0.267. The van der Waals surface area contributed by atoms with E-state index in [9.17, 15) is 23.8 Å². The smallest absolute Gasteiger partial charge is 0.314 e. The first-order valence-corrected chi connectivity index (χ1v) is 12.2. The number of carboxylic acid groups (broad SMARTS) is 1. The third-order valence-corrected chi connectivity index (χ3v) is 7.17. The minimum atomic E-state index is -3.17. The number of aliphatic hydroxyl groups is 1. The SMILES string of the molecule is Cc1noc(-c2ccc(-c3ccc(C4(C(=O)O)CC4)cc3)cc2)c1CC(F)(F)CC(O)c1ccccc1. The Morgan fingerprint density at radius 2 is 1.54 bits per heavy atom. The molecule has 1 aliphatic carbocycles. The number of carbonyl (C=O) groups is 1. The highest BCUT2D eigenvalue weighted by Gasteiger charge is 2.51. The second-order valence-electron chi connectivity index (χ2n) is 9.78. The summed E-state index contributed by atoms with van der Waals surface area (Å²) in [6.07, 6.45) is -1.29. The monoisotopic (exact) mass is 503 g/mol. The number of aromatic nitrogens is 1. The number of aliphatic hydroxyl groups excluding tert-OH is 1. The molecule has 1 saturated carbocycles. The average molecular weight is 504 g/mol. The molecule has 5 rings (SSSR count). The number of benzene rings is 3. The van der Waals surface area contributed by atoms with Crippen LogP contribution in [-0.4, -0.2) is 27.3 Å². The molecular formula is C30H27F2NO4.